The molecule has 0 radical (unpaired) electrons. The summed E-state index contributed by atoms with van der Waals surface area (Å²) < 4.78 is 1.54. The van der Waals surface area contributed by atoms with Crippen LogP contribution in [0.5, 0.6) is 11.5 Å². The van der Waals surface area contributed by atoms with E-state index in [0.29, 0.717) is 35.3 Å². The number of para-hydroxylation sites is 1. The number of nitrogens with one attached hydrogen (secondary N) is 1. The second-order valence-electron chi connectivity index (χ2n) is 7.12. The van der Waals surface area contributed by atoms with Gasteiger partial charge in [0.15, 0.2) is 11.5 Å². The second kappa shape index (κ2) is 8.71. The highest BCUT2D eigenvalue weighted by atomic mass is 16.3. The molecule has 7 heteroatoms. The lowest BCUT2D eigenvalue weighted by atomic mass is 10.1. The van der Waals surface area contributed by atoms with Crippen LogP contribution in [-0.4, -0.2) is 25.7 Å². The van der Waals surface area contributed by atoms with Crippen LogP contribution in [0.2, 0.25) is 0 Å². The number of phenols is 2. The van der Waals surface area contributed by atoms with Gasteiger partial charge in [0, 0.05) is 12.1 Å². The molecule has 1 heterocycles. The van der Waals surface area contributed by atoms with Crippen molar-refractivity contribution in [3.05, 3.63) is 100 Å². The molecule has 0 unspecified atom stereocenters. The Hall–Kier alpha value is -4.13. The van der Waals surface area contributed by atoms with E-state index in [1.807, 2.05) is 12.1 Å². The summed E-state index contributed by atoms with van der Waals surface area (Å²) in [5.41, 5.74) is 1.65. The molecule has 31 heavy (non-hydrogen) atoms. The van der Waals surface area contributed by atoms with Gasteiger partial charge in [0.1, 0.15) is 5.82 Å². The topological polar surface area (TPSA) is 104 Å². The van der Waals surface area contributed by atoms with Crippen LogP contribution >= 0.6 is 0 Å². The van der Waals surface area contributed by atoms with Crippen molar-refractivity contribution >= 4 is 16.8 Å². The minimum Gasteiger partial charge on any atom is -0.504 e. The lowest BCUT2D eigenvalue weighted by Crippen LogP contribution is -2.31. The third-order valence-electron chi connectivity index (χ3n) is 5.05. The molecule has 3 N–H and O–H groups in total. The Balaban J connectivity index is 1.63. The van der Waals surface area contributed by atoms with Crippen LogP contribution in [0.25, 0.3) is 10.9 Å². The fourth-order valence-electron chi connectivity index (χ4n) is 3.40. The van der Waals surface area contributed by atoms with E-state index in [1.165, 1.54) is 16.7 Å². The predicted octanol–water partition coefficient (Wildman–Crippen LogP) is 2.98. The number of aryl methyl sites for hydroxylation is 1. The Morgan fingerprint density at radius 1 is 0.935 bits per heavy atom. The standard InChI is InChI=1S/C24H21N3O4/c28-20-11-10-16(14-21(20)29)12-13-27-22(15-25-23(30)17-6-2-1-3-7-17)26-19-9-5-4-8-18(19)24(27)31/h1-11,14,28-29H,12-13,15H2,(H,25,30). The largest absolute Gasteiger partial charge is 0.504 e. The normalized spacial score (nSPS) is 10.8. The summed E-state index contributed by atoms with van der Waals surface area (Å²) in [4.78, 5) is 30.2. The van der Waals surface area contributed by atoms with Gasteiger partial charge in [-0.1, -0.05) is 36.4 Å². The van der Waals surface area contributed by atoms with E-state index in [1.54, 1.807) is 48.5 Å². The van der Waals surface area contributed by atoms with Crippen LogP contribution in [0.15, 0.2) is 77.6 Å². The third kappa shape index (κ3) is 4.40. The van der Waals surface area contributed by atoms with Crippen LogP contribution in [0.1, 0.15) is 21.7 Å². The van der Waals surface area contributed by atoms with Crippen molar-refractivity contribution in [1.82, 2.24) is 14.9 Å². The summed E-state index contributed by atoms with van der Waals surface area (Å²) in [5.74, 6) is -0.219. The molecule has 0 aliphatic carbocycles. The lowest BCUT2D eigenvalue weighted by molar-refractivity contribution is 0.0949. The number of phenolic OH excluding ortho intramolecular Hbond substituents is 2. The number of fused-ring (bicyclic) bond motifs is 1. The molecule has 7 nitrogen and oxygen atoms in total. The molecule has 0 spiro atoms. The summed E-state index contributed by atoms with van der Waals surface area (Å²) in [6, 6.07) is 20.5. The van der Waals surface area contributed by atoms with Gasteiger partial charge in [-0.3, -0.25) is 14.2 Å². The molecule has 156 valence electrons. The van der Waals surface area contributed by atoms with E-state index in [2.05, 4.69) is 10.3 Å². The van der Waals surface area contributed by atoms with Crippen LogP contribution in [0.4, 0.5) is 0 Å². The molecule has 1 amide bonds. The molecule has 1 aromatic heterocycles. The number of benzene rings is 3. The zero-order valence-corrected chi connectivity index (χ0v) is 16.7. The smallest absolute Gasteiger partial charge is 0.261 e. The fourth-order valence-corrected chi connectivity index (χ4v) is 3.40. The Morgan fingerprint density at radius 2 is 1.68 bits per heavy atom. The Bertz CT molecular complexity index is 1300. The highest BCUT2D eigenvalue weighted by Crippen LogP contribution is 2.25. The average molecular weight is 415 g/mol. The van der Waals surface area contributed by atoms with E-state index in [0.717, 1.165) is 5.56 Å². The molecule has 0 fully saturated rings. The molecule has 0 atom stereocenters. The van der Waals surface area contributed by atoms with Crippen LogP contribution in [0, 0.1) is 0 Å². The first-order chi connectivity index (χ1) is 15.0. The monoisotopic (exact) mass is 415 g/mol. The van der Waals surface area contributed by atoms with Gasteiger partial charge in [-0.05, 0) is 48.4 Å². The molecule has 0 bridgehead atoms. The molecule has 0 saturated heterocycles. The summed E-state index contributed by atoms with van der Waals surface area (Å²) in [6.45, 7) is 0.395. The fraction of sp³-hybridized carbons (Fsp3) is 0.125. The molecule has 0 aliphatic rings. The van der Waals surface area contributed by atoms with Gasteiger partial charge in [0.2, 0.25) is 0 Å². The van der Waals surface area contributed by atoms with Gasteiger partial charge in [-0.15, -0.1) is 0 Å². The number of aromatic nitrogens is 2. The maximum absolute atomic E-state index is 13.1. The van der Waals surface area contributed by atoms with Gasteiger partial charge in [0.25, 0.3) is 11.5 Å². The average Bonchev–Trinajstić information content (AvgIpc) is 2.80. The molecule has 4 aromatic rings. The zero-order chi connectivity index (χ0) is 21.8. The molecule has 4 rings (SSSR count). The maximum Gasteiger partial charge on any atom is 0.261 e. The lowest BCUT2D eigenvalue weighted by Gasteiger charge is -2.14. The maximum atomic E-state index is 13.1. The summed E-state index contributed by atoms with van der Waals surface area (Å²) in [5, 5.41) is 22.5. The number of rotatable bonds is 6. The molecule has 0 aliphatic heterocycles. The number of nitrogens with zero attached hydrogens (tertiary/aromatic N) is 2. The van der Waals surface area contributed by atoms with Gasteiger partial charge in [0.05, 0.1) is 17.4 Å². The zero-order valence-electron chi connectivity index (χ0n) is 16.7. The number of hydrogen-bond donors (Lipinski definition) is 3. The molecular weight excluding hydrogens is 394 g/mol. The predicted molar refractivity (Wildman–Crippen MR) is 117 cm³/mol. The SMILES string of the molecule is O=C(NCc1nc2ccccc2c(=O)n1CCc1ccc(O)c(O)c1)c1ccccc1. The molecule has 3 aromatic carbocycles. The first kappa shape index (κ1) is 20.2. The Kier molecular flexibility index (Phi) is 5.66. The van der Waals surface area contributed by atoms with Crippen molar-refractivity contribution in [1.29, 1.82) is 0 Å². The highest BCUT2D eigenvalue weighted by molar-refractivity contribution is 5.94. The van der Waals surface area contributed by atoms with Gasteiger partial charge in [-0.25, -0.2) is 4.98 Å². The van der Waals surface area contributed by atoms with E-state index >= 15 is 0 Å². The number of carbonyl (C=O) groups is 1. The van der Waals surface area contributed by atoms with E-state index in [9.17, 15) is 19.8 Å². The van der Waals surface area contributed by atoms with Crippen molar-refractivity contribution in [3.8, 4) is 11.5 Å². The summed E-state index contributed by atoms with van der Waals surface area (Å²) in [7, 11) is 0. The van der Waals surface area contributed by atoms with Crippen LogP contribution in [-0.2, 0) is 19.5 Å². The minimum absolute atomic E-state index is 0.0919. The van der Waals surface area contributed by atoms with Crippen molar-refractivity contribution in [3.63, 3.8) is 0 Å². The quantitative estimate of drug-likeness (QED) is 0.420. The van der Waals surface area contributed by atoms with Crippen molar-refractivity contribution in [2.24, 2.45) is 0 Å². The summed E-state index contributed by atoms with van der Waals surface area (Å²) in [6.07, 6.45) is 0.438. The van der Waals surface area contributed by atoms with Gasteiger partial charge in [-0.2, -0.15) is 0 Å². The van der Waals surface area contributed by atoms with Crippen LogP contribution in [0.3, 0.4) is 0 Å². The second-order valence-corrected chi connectivity index (χ2v) is 7.12. The first-order valence-electron chi connectivity index (χ1n) is 9.85. The van der Waals surface area contributed by atoms with Crippen molar-refractivity contribution in [2.45, 2.75) is 19.5 Å². The Labute approximate surface area is 178 Å². The Morgan fingerprint density at radius 3 is 2.45 bits per heavy atom. The number of amides is 1. The van der Waals surface area contributed by atoms with Gasteiger partial charge < -0.3 is 15.5 Å². The molecule has 0 saturated carbocycles. The van der Waals surface area contributed by atoms with E-state index in [4.69, 9.17) is 0 Å². The van der Waals surface area contributed by atoms with E-state index in [-0.39, 0.29) is 29.5 Å². The molecular formula is C24H21N3O4. The van der Waals surface area contributed by atoms with Crippen LogP contribution < -0.4 is 10.9 Å². The number of carbonyl (C=O) groups excluding carboxylic acids is 1. The highest BCUT2D eigenvalue weighted by Gasteiger charge is 2.13. The number of aromatic hydroxyl groups is 2. The van der Waals surface area contributed by atoms with Crippen molar-refractivity contribution < 1.29 is 15.0 Å². The summed E-state index contributed by atoms with van der Waals surface area (Å²) >= 11 is 0. The van der Waals surface area contributed by atoms with Gasteiger partial charge >= 0.3 is 0 Å². The first-order valence-corrected chi connectivity index (χ1v) is 9.85. The van der Waals surface area contributed by atoms with E-state index < -0.39 is 0 Å². The van der Waals surface area contributed by atoms with Crippen molar-refractivity contribution in [2.75, 3.05) is 0 Å². The minimum atomic E-state index is -0.252. The number of hydrogen-bond acceptors (Lipinski definition) is 5. The third-order valence-corrected chi connectivity index (χ3v) is 5.05.